The molecule has 55 heavy (non-hydrogen) atoms. The SMILES string of the molecule is CC/C=C\C/C=C\C/C=C\C/C=C\C/C=C\CC(=O)OC(COC(=O)CCCCCCCCCCC/C=C\CCCCCCCCCC)COP(=O)(O)OC. The molecule has 0 aromatic carbocycles. The molecular weight excluding hydrogens is 711 g/mol. The van der Waals surface area contributed by atoms with Crippen molar-refractivity contribution in [2.75, 3.05) is 20.3 Å². The summed E-state index contributed by atoms with van der Waals surface area (Å²) < 4.78 is 31.8. The average Bonchev–Trinajstić information content (AvgIpc) is 3.18. The highest BCUT2D eigenvalue weighted by atomic mass is 31.2. The second-order valence-electron chi connectivity index (χ2n) is 14.1. The van der Waals surface area contributed by atoms with E-state index in [1.54, 1.807) is 6.08 Å². The highest BCUT2D eigenvalue weighted by Gasteiger charge is 2.24. The predicted molar refractivity (Wildman–Crippen MR) is 230 cm³/mol. The van der Waals surface area contributed by atoms with E-state index < -0.39 is 32.5 Å². The first-order valence-electron chi connectivity index (χ1n) is 21.6. The van der Waals surface area contributed by atoms with Crippen LogP contribution in [0.5, 0.6) is 0 Å². The molecule has 0 aliphatic rings. The van der Waals surface area contributed by atoms with Crippen LogP contribution in [0.25, 0.3) is 0 Å². The number of rotatable bonds is 39. The molecule has 0 bridgehead atoms. The minimum atomic E-state index is -4.29. The molecule has 0 aliphatic carbocycles. The van der Waals surface area contributed by atoms with Crippen molar-refractivity contribution < 1.29 is 37.6 Å². The fraction of sp³-hybridized carbons (Fsp3) is 0.696. The monoisotopic (exact) mass is 791 g/mol. The zero-order valence-electron chi connectivity index (χ0n) is 35.1. The summed E-state index contributed by atoms with van der Waals surface area (Å²) in [5, 5.41) is 0. The van der Waals surface area contributed by atoms with Gasteiger partial charge in [-0.3, -0.25) is 18.6 Å². The first kappa shape index (κ1) is 52.5. The molecule has 0 saturated carbocycles. The van der Waals surface area contributed by atoms with Gasteiger partial charge in [0.05, 0.1) is 13.0 Å². The van der Waals surface area contributed by atoms with Gasteiger partial charge in [-0.05, 0) is 64.2 Å². The molecule has 0 amide bonds. The van der Waals surface area contributed by atoms with Gasteiger partial charge in [-0.15, -0.1) is 0 Å². The lowest BCUT2D eigenvalue weighted by Gasteiger charge is -2.19. The van der Waals surface area contributed by atoms with Crippen LogP contribution in [0.1, 0.15) is 181 Å². The molecule has 9 heteroatoms. The Morgan fingerprint density at radius 1 is 0.545 bits per heavy atom. The Labute approximate surface area is 336 Å². The van der Waals surface area contributed by atoms with Crippen molar-refractivity contribution in [1.82, 2.24) is 0 Å². The fourth-order valence-electron chi connectivity index (χ4n) is 5.67. The molecule has 2 atom stereocenters. The second-order valence-corrected chi connectivity index (χ2v) is 15.7. The van der Waals surface area contributed by atoms with E-state index in [0.29, 0.717) is 6.42 Å². The number of phosphoric ester groups is 1. The van der Waals surface area contributed by atoms with Crippen LogP contribution < -0.4 is 0 Å². The molecule has 0 rings (SSSR count). The standard InChI is InChI=1S/C46H79O8P/c1-4-6-8-10-12-14-16-18-20-21-22-23-24-25-27-28-30-32-34-36-38-40-45(47)52-42-44(43-53-55(49,50)51-3)54-46(48)41-39-37-35-33-31-29-26-19-17-15-13-11-9-7-5-2/h7,9,13,15,19,21-22,26,31,33,37,39,44H,4-6,8,10-12,14,16-18,20,23-25,27-30,32,34-36,38,40-43H2,1-3H3,(H,49,50)/b9-7-,15-13-,22-21-,26-19-,33-31-,39-37-. The van der Waals surface area contributed by atoms with Gasteiger partial charge >= 0.3 is 19.8 Å². The van der Waals surface area contributed by atoms with Crippen molar-refractivity contribution in [2.24, 2.45) is 0 Å². The molecule has 8 nitrogen and oxygen atoms in total. The van der Waals surface area contributed by atoms with Crippen LogP contribution in [0.2, 0.25) is 0 Å². The maximum atomic E-state index is 12.4. The third-order valence-corrected chi connectivity index (χ3v) is 9.90. The van der Waals surface area contributed by atoms with Crippen molar-refractivity contribution in [3.05, 3.63) is 72.9 Å². The number of carbonyl (C=O) groups excluding carboxylic acids is 2. The predicted octanol–water partition coefficient (Wildman–Crippen LogP) is 13.7. The summed E-state index contributed by atoms with van der Waals surface area (Å²) in [5.74, 6) is -0.956. The molecular formula is C46H79O8P. The largest absolute Gasteiger partial charge is 0.472 e. The second kappa shape index (κ2) is 41.1. The van der Waals surface area contributed by atoms with Gasteiger partial charge in [-0.1, -0.05) is 177 Å². The van der Waals surface area contributed by atoms with Crippen LogP contribution in [0, 0.1) is 0 Å². The minimum Gasteiger partial charge on any atom is -0.462 e. The van der Waals surface area contributed by atoms with Gasteiger partial charge in [0, 0.05) is 13.5 Å². The minimum absolute atomic E-state index is 0.00974. The molecule has 0 spiro atoms. The molecule has 316 valence electrons. The van der Waals surface area contributed by atoms with Gasteiger partial charge in [-0.2, -0.15) is 0 Å². The molecule has 0 radical (unpaired) electrons. The van der Waals surface area contributed by atoms with E-state index in [1.807, 2.05) is 12.2 Å². The number of carbonyl (C=O) groups is 2. The van der Waals surface area contributed by atoms with Crippen LogP contribution in [-0.2, 0) is 32.7 Å². The summed E-state index contributed by atoms with van der Waals surface area (Å²) in [5.41, 5.74) is 0. The van der Waals surface area contributed by atoms with Crippen molar-refractivity contribution in [1.29, 1.82) is 0 Å². The summed E-state index contributed by atoms with van der Waals surface area (Å²) in [7, 11) is -3.25. The molecule has 0 aromatic rings. The maximum absolute atomic E-state index is 12.4. The van der Waals surface area contributed by atoms with E-state index in [2.05, 4.69) is 73.1 Å². The van der Waals surface area contributed by atoms with Crippen molar-refractivity contribution in [2.45, 2.75) is 187 Å². The highest BCUT2D eigenvalue weighted by molar-refractivity contribution is 7.47. The molecule has 0 fully saturated rings. The zero-order valence-corrected chi connectivity index (χ0v) is 36.0. The van der Waals surface area contributed by atoms with Crippen LogP contribution in [0.4, 0.5) is 0 Å². The van der Waals surface area contributed by atoms with Crippen molar-refractivity contribution >= 4 is 19.8 Å². The molecule has 1 N–H and O–H groups in total. The van der Waals surface area contributed by atoms with E-state index in [-0.39, 0.29) is 19.4 Å². The van der Waals surface area contributed by atoms with Gasteiger partial charge in [-0.25, -0.2) is 4.57 Å². The fourth-order valence-corrected chi connectivity index (χ4v) is 6.13. The lowest BCUT2D eigenvalue weighted by molar-refractivity contribution is -0.160. The lowest BCUT2D eigenvalue weighted by atomic mass is 10.1. The number of allylic oxidation sites excluding steroid dienone is 11. The summed E-state index contributed by atoms with van der Waals surface area (Å²) in [6.45, 7) is 3.69. The molecule has 0 saturated heterocycles. The number of hydrogen-bond acceptors (Lipinski definition) is 7. The molecule has 0 heterocycles. The van der Waals surface area contributed by atoms with Crippen LogP contribution in [-0.4, -0.2) is 43.3 Å². The van der Waals surface area contributed by atoms with Crippen LogP contribution >= 0.6 is 7.82 Å². The number of ether oxygens (including phenoxy) is 2. The maximum Gasteiger partial charge on any atom is 0.472 e. The smallest absolute Gasteiger partial charge is 0.462 e. The number of hydrogen-bond donors (Lipinski definition) is 1. The molecule has 0 aliphatic heterocycles. The Hall–Kier alpha value is -2.51. The topological polar surface area (TPSA) is 108 Å². The Kier molecular flexibility index (Phi) is 39.3. The average molecular weight is 791 g/mol. The van der Waals surface area contributed by atoms with Crippen molar-refractivity contribution in [3.63, 3.8) is 0 Å². The zero-order chi connectivity index (χ0) is 40.3. The third-order valence-electron chi connectivity index (χ3n) is 8.97. The molecule has 0 aromatic heterocycles. The molecule has 2 unspecified atom stereocenters. The van der Waals surface area contributed by atoms with Gasteiger partial charge in [0.1, 0.15) is 6.61 Å². The van der Waals surface area contributed by atoms with Gasteiger partial charge in [0.15, 0.2) is 6.10 Å². The summed E-state index contributed by atoms with van der Waals surface area (Å²) in [4.78, 5) is 34.4. The Balaban J connectivity index is 4.07. The number of esters is 2. The lowest BCUT2D eigenvalue weighted by Crippen LogP contribution is -2.29. The summed E-state index contributed by atoms with van der Waals surface area (Å²) >= 11 is 0. The van der Waals surface area contributed by atoms with Crippen molar-refractivity contribution in [3.8, 4) is 0 Å². The quantitative estimate of drug-likeness (QED) is 0.0284. The van der Waals surface area contributed by atoms with Gasteiger partial charge < -0.3 is 14.4 Å². The first-order valence-corrected chi connectivity index (χ1v) is 23.1. The van der Waals surface area contributed by atoms with E-state index in [0.717, 1.165) is 52.1 Å². The normalized spacial score (nSPS) is 14.0. The Morgan fingerprint density at radius 2 is 0.982 bits per heavy atom. The summed E-state index contributed by atoms with van der Waals surface area (Å²) in [6, 6.07) is 0. The van der Waals surface area contributed by atoms with E-state index in [9.17, 15) is 19.0 Å². The first-order chi connectivity index (χ1) is 26.8. The van der Waals surface area contributed by atoms with Crippen LogP contribution in [0.3, 0.4) is 0 Å². The third kappa shape index (κ3) is 41.0. The number of unbranched alkanes of at least 4 members (excludes halogenated alkanes) is 17. The van der Waals surface area contributed by atoms with Gasteiger partial charge in [0.2, 0.25) is 0 Å². The summed E-state index contributed by atoms with van der Waals surface area (Å²) in [6.07, 6.45) is 52.8. The number of phosphoric acid groups is 1. The van der Waals surface area contributed by atoms with Gasteiger partial charge in [0.25, 0.3) is 0 Å². The Bertz CT molecular complexity index is 1120. The van der Waals surface area contributed by atoms with E-state index >= 15 is 0 Å². The van der Waals surface area contributed by atoms with Crippen LogP contribution in [0.15, 0.2) is 72.9 Å². The van der Waals surface area contributed by atoms with E-state index in [1.165, 1.54) is 103 Å². The highest BCUT2D eigenvalue weighted by Crippen LogP contribution is 2.42. The van der Waals surface area contributed by atoms with E-state index in [4.69, 9.17) is 14.0 Å². The Morgan fingerprint density at radius 3 is 1.45 bits per heavy atom.